The number of amides is 1. The van der Waals surface area contributed by atoms with Crippen molar-refractivity contribution in [2.45, 2.75) is 45.6 Å². The van der Waals surface area contributed by atoms with Crippen LogP contribution in [0.1, 0.15) is 67.1 Å². The molecule has 3 rings (SSSR count). The van der Waals surface area contributed by atoms with E-state index in [4.69, 9.17) is 14.6 Å². The number of thiazole rings is 1. The predicted octanol–water partition coefficient (Wildman–Crippen LogP) is 7.25. The topological polar surface area (TPSA) is 97.8 Å². The highest BCUT2D eigenvalue weighted by Crippen LogP contribution is 2.33. The molecule has 1 unspecified atom stereocenters. The molecule has 2 aromatic carbocycles. The number of unbranched alkanes of at least 4 members (excludes halogenated alkanes) is 1. The van der Waals surface area contributed by atoms with Gasteiger partial charge in [-0.3, -0.25) is 10.1 Å². The van der Waals surface area contributed by atoms with Gasteiger partial charge in [-0.1, -0.05) is 25.5 Å². The molecule has 11 heteroatoms. The summed E-state index contributed by atoms with van der Waals surface area (Å²) in [6.07, 6.45) is 3.69. The Morgan fingerprint density at radius 3 is 2.50 bits per heavy atom. The van der Waals surface area contributed by atoms with Crippen LogP contribution in [0.2, 0.25) is 0 Å². The molecule has 1 heterocycles. The van der Waals surface area contributed by atoms with Crippen molar-refractivity contribution in [1.82, 2.24) is 4.98 Å². The summed E-state index contributed by atoms with van der Waals surface area (Å²) >= 11 is 1.02. The highest BCUT2D eigenvalue weighted by Gasteiger charge is 2.21. The standard InChI is InChI=1S/C29H31F3N2O5S/c1-4-5-11-39-12-7-10-25(38-3)20-9-6-8-19(26(20)32)24-16-40-29(33-24)34-27(35)18-14-22(30)21(23(31)15-18)13-17(2)28(36)37/h6,8-9,13-16,25H,4-5,7,10-12H2,1-3H3,(H,36,37)(H,33,34,35). The normalized spacial score (nSPS) is 12.4. The van der Waals surface area contributed by atoms with Crippen LogP contribution < -0.4 is 5.32 Å². The number of methoxy groups -OCH3 is 1. The number of aliphatic carboxylic acids is 1. The van der Waals surface area contributed by atoms with Crippen LogP contribution in [-0.2, 0) is 14.3 Å². The smallest absolute Gasteiger partial charge is 0.331 e. The average Bonchev–Trinajstić information content (AvgIpc) is 3.38. The first-order chi connectivity index (χ1) is 19.2. The summed E-state index contributed by atoms with van der Waals surface area (Å²) < 4.78 is 55.5. The summed E-state index contributed by atoms with van der Waals surface area (Å²) in [7, 11) is 1.52. The minimum absolute atomic E-state index is 0.101. The molecular weight excluding hydrogens is 545 g/mol. The number of hydrogen-bond acceptors (Lipinski definition) is 6. The van der Waals surface area contributed by atoms with E-state index in [1.54, 1.807) is 23.6 Å². The lowest BCUT2D eigenvalue weighted by molar-refractivity contribution is -0.132. The van der Waals surface area contributed by atoms with Crippen molar-refractivity contribution in [3.63, 3.8) is 0 Å². The molecule has 0 bridgehead atoms. The molecule has 1 atom stereocenters. The maximum absolute atomic E-state index is 15.5. The molecule has 0 aliphatic heterocycles. The van der Waals surface area contributed by atoms with E-state index in [9.17, 15) is 18.4 Å². The largest absolute Gasteiger partial charge is 0.478 e. The third kappa shape index (κ3) is 8.00. The van der Waals surface area contributed by atoms with Gasteiger partial charge in [0.05, 0.1) is 11.8 Å². The SMILES string of the molecule is CCCCOCCCC(OC)c1cccc(-c2csc(NC(=O)c3cc(F)c(C=C(C)C(=O)O)c(F)c3)n2)c1F. The summed E-state index contributed by atoms with van der Waals surface area (Å²) in [6.45, 7) is 4.54. The van der Waals surface area contributed by atoms with Crippen LogP contribution in [0.5, 0.6) is 0 Å². The van der Waals surface area contributed by atoms with Gasteiger partial charge >= 0.3 is 5.97 Å². The molecule has 0 saturated heterocycles. The zero-order chi connectivity index (χ0) is 29.2. The first-order valence-electron chi connectivity index (χ1n) is 12.7. The highest BCUT2D eigenvalue weighted by molar-refractivity contribution is 7.14. The van der Waals surface area contributed by atoms with Gasteiger partial charge in [0.15, 0.2) is 5.13 Å². The predicted molar refractivity (Wildman–Crippen MR) is 148 cm³/mol. The Morgan fingerprint density at radius 2 is 1.85 bits per heavy atom. The van der Waals surface area contributed by atoms with Crippen LogP contribution in [0.25, 0.3) is 17.3 Å². The van der Waals surface area contributed by atoms with E-state index in [1.807, 2.05) is 0 Å². The molecule has 0 aliphatic rings. The van der Waals surface area contributed by atoms with Crippen LogP contribution in [0, 0.1) is 17.5 Å². The van der Waals surface area contributed by atoms with E-state index in [2.05, 4.69) is 17.2 Å². The number of anilines is 1. The number of carboxylic acids is 1. The quantitative estimate of drug-likeness (QED) is 0.155. The molecule has 7 nitrogen and oxygen atoms in total. The average molecular weight is 577 g/mol. The van der Waals surface area contributed by atoms with Gasteiger partial charge in [-0.05, 0) is 50.5 Å². The minimum Gasteiger partial charge on any atom is -0.478 e. The van der Waals surface area contributed by atoms with Crippen molar-refractivity contribution in [1.29, 1.82) is 0 Å². The van der Waals surface area contributed by atoms with Gasteiger partial charge in [-0.25, -0.2) is 22.9 Å². The lowest BCUT2D eigenvalue weighted by Gasteiger charge is -2.17. The van der Waals surface area contributed by atoms with Crippen LogP contribution in [-0.4, -0.2) is 42.3 Å². The van der Waals surface area contributed by atoms with Crippen LogP contribution in [0.4, 0.5) is 18.3 Å². The van der Waals surface area contributed by atoms with Crippen molar-refractivity contribution in [3.05, 3.63) is 75.4 Å². The van der Waals surface area contributed by atoms with Crippen molar-refractivity contribution in [2.24, 2.45) is 0 Å². The molecule has 40 heavy (non-hydrogen) atoms. The molecule has 0 fully saturated rings. The number of ether oxygens (including phenoxy) is 2. The van der Waals surface area contributed by atoms with Gasteiger partial charge in [0.1, 0.15) is 17.5 Å². The Labute approximate surface area is 234 Å². The lowest BCUT2D eigenvalue weighted by Crippen LogP contribution is -2.13. The van der Waals surface area contributed by atoms with E-state index in [0.29, 0.717) is 31.6 Å². The summed E-state index contributed by atoms with van der Waals surface area (Å²) in [5.74, 6) is -4.84. The van der Waals surface area contributed by atoms with Crippen molar-refractivity contribution < 1.29 is 37.3 Å². The Morgan fingerprint density at radius 1 is 1.15 bits per heavy atom. The number of nitrogens with zero attached hydrogens (tertiary/aromatic N) is 1. The number of rotatable bonds is 14. The van der Waals surface area contributed by atoms with Crippen molar-refractivity contribution in [3.8, 4) is 11.3 Å². The Balaban J connectivity index is 1.73. The maximum atomic E-state index is 15.5. The molecule has 0 aliphatic carbocycles. The molecule has 3 aromatic rings. The Bertz CT molecular complexity index is 1350. The lowest BCUT2D eigenvalue weighted by atomic mass is 10.00. The van der Waals surface area contributed by atoms with E-state index in [-0.39, 0.29) is 27.5 Å². The maximum Gasteiger partial charge on any atom is 0.331 e. The monoisotopic (exact) mass is 576 g/mol. The second-order valence-corrected chi connectivity index (χ2v) is 9.88. The number of carbonyl (C=O) groups is 2. The zero-order valence-electron chi connectivity index (χ0n) is 22.4. The van der Waals surface area contributed by atoms with Crippen LogP contribution >= 0.6 is 11.3 Å². The number of hydrogen-bond donors (Lipinski definition) is 2. The summed E-state index contributed by atoms with van der Waals surface area (Å²) in [4.78, 5) is 27.9. The fraction of sp³-hybridized carbons (Fsp3) is 0.345. The number of carboxylic acid groups (broad SMARTS) is 1. The highest BCUT2D eigenvalue weighted by atomic mass is 32.1. The molecule has 1 amide bonds. The van der Waals surface area contributed by atoms with Gasteiger partial charge in [0, 0.05) is 53.5 Å². The van der Waals surface area contributed by atoms with Crippen molar-refractivity contribution in [2.75, 3.05) is 25.6 Å². The Kier molecular flexibility index (Phi) is 11.4. The number of halogens is 3. The Hall–Kier alpha value is -3.54. The van der Waals surface area contributed by atoms with Gasteiger partial charge in [-0.2, -0.15) is 0 Å². The van der Waals surface area contributed by atoms with Crippen molar-refractivity contribution >= 4 is 34.4 Å². The fourth-order valence-corrected chi connectivity index (χ4v) is 4.58. The van der Waals surface area contributed by atoms with E-state index >= 15 is 4.39 Å². The number of carbonyl (C=O) groups excluding carboxylic acids is 1. The van der Waals surface area contributed by atoms with E-state index in [0.717, 1.165) is 42.4 Å². The molecule has 0 radical (unpaired) electrons. The molecule has 2 N–H and O–H groups in total. The number of nitrogens with one attached hydrogen (secondary N) is 1. The fourth-order valence-electron chi connectivity index (χ4n) is 3.87. The van der Waals surface area contributed by atoms with Gasteiger partial charge in [0.25, 0.3) is 5.91 Å². The summed E-state index contributed by atoms with van der Waals surface area (Å²) in [5.41, 5.74) is -0.287. The zero-order valence-corrected chi connectivity index (χ0v) is 23.2. The van der Waals surface area contributed by atoms with Gasteiger partial charge in [-0.15, -0.1) is 11.3 Å². The third-order valence-corrected chi connectivity index (χ3v) is 6.85. The first kappa shape index (κ1) is 31.0. The molecule has 0 saturated carbocycles. The van der Waals surface area contributed by atoms with Gasteiger partial charge < -0.3 is 14.6 Å². The second-order valence-electron chi connectivity index (χ2n) is 9.02. The van der Waals surface area contributed by atoms with Crippen LogP contribution in [0.15, 0.2) is 41.3 Å². The summed E-state index contributed by atoms with van der Waals surface area (Å²) in [6, 6.07) is 6.52. The first-order valence-corrected chi connectivity index (χ1v) is 13.6. The van der Waals surface area contributed by atoms with Crippen LogP contribution in [0.3, 0.4) is 0 Å². The molecule has 0 spiro atoms. The van der Waals surface area contributed by atoms with E-state index in [1.165, 1.54) is 14.0 Å². The number of benzene rings is 2. The molecule has 214 valence electrons. The third-order valence-electron chi connectivity index (χ3n) is 6.10. The molecular formula is C29H31F3N2O5S. The summed E-state index contributed by atoms with van der Waals surface area (Å²) in [5, 5.41) is 13.1. The number of aromatic nitrogens is 1. The second kappa shape index (κ2) is 14.7. The minimum atomic E-state index is -1.33. The van der Waals surface area contributed by atoms with Gasteiger partial charge in [0.2, 0.25) is 0 Å². The van der Waals surface area contributed by atoms with E-state index < -0.39 is 41.0 Å². The molecule has 1 aromatic heterocycles.